The number of rotatable bonds is 4. The summed E-state index contributed by atoms with van der Waals surface area (Å²) in [4.78, 5) is 16.7. The number of nitrogens with zero attached hydrogens (tertiary/aromatic N) is 5. The second-order valence-electron chi connectivity index (χ2n) is 6.80. The summed E-state index contributed by atoms with van der Waals surface area (Å²) in [6.07, 6.45) is 0.201. The molecular weight excluding hydrogens is 282 g/mol. The third kappa shape index (κ3) is 2.87. The van der Waals surface area contributed by atoms with Gasteiger partial charge in [-0.3, -0.25) is 9.69 Å². The number of aryl methyl sites for hydroxylation is 1. The van der Waals surface area contributed by atoms with Crippen LogP contribution in [0.4, 0.5) is 0 Å². The smallest absolute Gasteiger partial charge is 0.241 e. The molecule has 1 atom stereocenters. The molecule has 0 aliphatic carbocycles. The van der Waals surface area contributed by atoms with Crippen molar-refractivity contribution in [2.75, 3.05) is 26.7 Å². The molecule has 1 fully saturated rings. The van der Waals surface area contributed by atoms with Crippen LogP contribution in [-0.4, -0.2) is 69.4 Å². The summed E-state index contributed by atoms with van der Waals surface area (Å²) in [7, 11) is 1.97. The average Bonchev–Trinajstić information content (AvgIpc) is 2.76. The highest BCUT2D eigenvalue weighted by molar-refractivity contribution is 5.82. The molecule has 7 nitrogen and oxygen atoms in total. The van der Waals surface area contributed by atoms with Crippen LogP contribution in [0, 0.1) is 12.8 Å². The summed E-state index contributed by atoms with van der Waals surface area (Å²) >= 11 is 0. The first kappa shape index (κ1) is 15.4. The van der Waals surface area contributed by atoms with Gasteiger partial charge in [0.2, 0.25) is 5.91 Å². The molecule has 1 unspecified atom stereocenters. The maximum absolute atomic E-state index is 12.7. The highest BCUT2D eigenvalue weighted by atomic mass is 16.5. The van der Waals surface area contributed by atoms with Gasteiger partial charge in [-0.2, -0.15) is 0 Å². The number of likely N-dealkylation sites (N-methyl/N-ethyl adjacent to an activating group) is 1. The Hall–Kier alpha value is -1.47. The zero-order valence-corrected chi connectivity index (χ0v) is 13.8. The van der Waals surface area contributed by atoms with E-state index in [1.54, 1.807) is 0 Å². The van der Waals surface area contributed by atoms with Crippen molar-refractivity contribution in [1.29, 1.82) is 0 Å². The van der Waals surface area contributed by atoms with Gasteiger partial charge < -0.3 is 14.2 Å². The van der Waals surface area contributed by atoms with Crippen LogP contribution in [-0.2, 0) is 22.6 Å². The van der Waals surface area contributed by atoms with Crippen molar-refractivity contribution >= 4 is 5.91 Å². The summed E-state index contributed by atoms with van der Waals surface area (Å²) in [6, 6.07) is -0.131. The molecule has 0 radical (unpaired) electrons. The Bertz CT molecular complexity index is 550. The Morgan fingerprint density at radius 1 is 1.32 bits per heavy atom. The molecule has 0 aromatic carbocycles. The molecule has 0 saturated carbocycles. The number of carbonyl (C=O) groups is 1. The molecule has 1 aromatic rings. The van der Waals surface area contributed by atoms with Crippen molar-refractivity contribution in [3.05, 3.63) is 11.6 Å². The third-order valence-corrected chi connectivity index (χ3v) is 4.40. The number of amides is 1. The SMILES string of the molecule is Cc1nnc2n1CC(C(=O)N1CC(OCC(C)C)C1)N(C)C2. The van der Waals surface area contributed by atoms with Gasteiger partial charge in [-0.05, 0) is 19.9 Å². The number of hydrogen-bond acceptors (Lipinski definition) is 5. The first-order chi connectivity index (χ1) is 10.5. The summed E-state index contributed by atoms with van der Waals surface area (Å²) in [5, 5.41) is 8.26. The van der Waals surface area contributed by atoms with Gasteiger partial charge in [0, 0.05) is 19.7 Å². The van der Waals surface area contributed by atoms with E-state index in [0.29, 0.717) is 32.1 Å². The largest absolute Gasteiger partial charge is 0.374 e. The van der Waals surface area contributed by atoms with Crippen molar-refractivity contribution < 1.29 is 9.53 Å². The molecule has 0 N–H and O–H groups in total. The number of likely N-dealkylation sites (tertiary alicyclic amines) is 1. The number of aromatic nitrogens is 3. The first-order valence-electron chi connectivity index (χ1n) is 7.95. The van der Waals surface area contributed by atoms with Crippen LogP contribution in [0.25, 0.3) is 0 Å². The van der Waals surface area contributed by atoms with Gasteiger partial charge in [0.05, 0.1) is 19.2 Å². The van der Waals surface area contributed by atoms with Gasteiger partial charge >= 0.3 is 0 Å². The fourth-order valence-corrected chi connectivity index (χ4v) is 2.95. The van der Waals surface area contributed by atoms with E-state index >= 15 is 0 Å². The van der Waals surface area contributed by atoms with E-state index in [0.717, 1.165) is 18.3 Å². The van der Waals surface area contributed by atoms with Crippen molar-refractivity contribution in [2.45, 2.75) is 46.0 Å². The fraction of sp³-hybridized carbons (Fsp3) is 0.800. The Morgan fingerprint density at radius 2 is 2.05 bits per heavy atom. The quantitative estimate of drug-likeness (QED) is 0.800. The minimum Gasteiger partial charge on any atom is -0.374 e. The molecule has 0 bridgehead atoms. The van der Waals surface area contributed by atoms with Crippen LogP contribution in [0.2, 0.25) is 0 Å². The van der Waals surface area contributed by atoms with Gasteiger partial charge in [0.25, 0.3) is 0 Å². The van der Waals surface area contributed by atoms with Gasteiger partial charge in [0.1, 0.15) is 17.7 Å². The predicted octanol–water partition coefficient (Wildman–Crippen LogP) is 0.284. The van der Waals surface area contributed by atoms with Gasteiger partial charge in [0.15, 0.2) is 0 Å². The van der Waals surface area contributed by atoms with Crippen molar-refractivity contribution in [3.8, 4) is 0 Å². The van der Waals surface area contributed by atoms with Crippen LogP contribution in [0.1, 0.15) is 25.5 Å². The maximum Gasteiger partial charge on any atom is 0.241 e. The van der Waals surface area contributed by atoms with Gasteiger partial charge in [-0.25, -0.2) is 0 Å². The molecule has 22 heavy (non-hydrogen) atoms. The normalized spacial score (nSPS) is 22.8. The predicted molar refractivity (Wildman–Crippen MR) is 81.2 cm³/mol. The second kappa shape index (κ2) is 5.96. The Kier molecular flexibility index (Phi) is 4.18. The standard InChI is InChI=1S/C15H25N5O2/c1-10(2)9-22-12-5-19(6-12)15(21)13-7-20-11(3)16-17-14(20)8-18(13)4/h10,12-13H,5-9H2,1-4H3. The highest BCUT2D eigenvalue weighted by Gasteiger charge is 2.39. The molecule has 122 valence electrons. The van der Waals surface area contributed by atoms with Crippen molar-refractivity contribution in [3.63, 3.8) is 0 Å². The lowest BCUT2D eigenvalue weighted by atomic mass is 10.1. The average molecular weight is 307 g/mol. The zero-order chi connectivity index (χ0) is 15.9. The minimum atomic E-state index is -0.131. The lowest BCUT2D eigenvalue weighted by Gasteiger charge is -2.43. The summed E-state index contributed by atoms with van der Waals surface area (Å²) < 4.78 is 7.81. The van der Waals surface area contributed by atoms with E-state index in [2.05, 4.69) is 33.5 Å². The molecule has 7 heteroatoms. The highest BCUT2D eigenvalue weighted by Crippen LogP contribution is 2.21. The second-order valence-corrected chi connectivity index (χ2v) is 6.80. The Morgan fingerprint density at radius 3 is 2.73 bits per heavy atom. The van der Waals surface area contributed by atoms with Crippen molar-refractivity contribution in [1.82, 2.24) is 24.6 Å². The molecule has 1 aromatic heterocycles. The minimum absolute atomic E-state index is 0.131. The van der Waals surface area contributed by atoms with Gasteiger partial charge in [-0.1, -0.05) is 13.8 Å². The van der Waals surface area contributed by atoms with Crippen LogP contribution in [0.5, 0.6) is 0 Å². The Labute approximate surface area is 131 Å². The number of carbonyl (C=O) groups excluding carboxylic acids is 1. The lowest BCUT2D eigenvalue weighted by Crippen LogP contribution is -2.61. The lowest BCUT2D eigenvalue weighted by molar-refractivity contribution is -0.152. The van der Waals surface area contributed by atoms with Gasteiger partial charge in [-0.15, -0.1) is 10.2 Å². The van der Waals surface area contributed by atoms with Crippen molar-refractivity contribution in [2.24, 2.45) is 5.92 Å². The summed E-state index contributed by atoms with van der Waals surface area (Å²) in [6.45, 7) is 9.70. The summed E-state index contributed by atoms with van der Waals surface area (Å²) in [5.41, 5.74) is 0. The number of hydrogen-bond donors (Lipinski definition) is 0. The number of ether oxygens (including phenoxy) is 1. The third-order valence-electron chi connectivity index (χ3n) is 4.40. The maximum atomic E-state index is 12.7. The monoisotopic (exact) mass is 307 g/mol. The van der Waals surface area contributed by atoms with E-state index in [1.807, 2.05) is 18.9 Å². The topological polar surface area (TPSA) is 63.5 Å². The zero-order valence-electron chi connectivity index (χ0n) is 13.8. The van der Waals surface area contributed by atoms with Crippen LogP contribution >= 0.6 is 0 Å². The molecule has 0 spiro atoms. The molecule has 1 saturated heterocycles. The van der Waals surface area contributed by atoms with E-state index in [9.17, 15) is 4.79 Å². The van der Waals surface area contributed by atoms with E-state index < -0.39 is 0 Å². The van der Waals surface area contributed by atoms with Crippen LogP contribution in [0.3, 0.4) is 0 Å². The number of fused-ring (bicyclic) bond motifs is 1. The fourth-order valence-electron chi connectivity index (χ4n) is 2.95. The van der Waals surface area contributed by atoms with Crippen LogP contribution < -0.4 is 0 Å². The van der Waals surface area contributed by atoms with E-state index in [4.69, 9.17) is 4.74 Å². The molecule has 3 rings (SSSR count). The van der Waals surface area contributed by atoms with E-state index in [1.165, 1.54) is 0 Å². The molecule has 3 heterocycles. The Balaban J connectivity index is 1.57. The molecule has 1 amide bonds. The summed E-state index contributed by atoms with van der Waals surface area (Å²) in [5.74, 6) is 2.53. The molecule has 2 aliphatic rings. The van der Waals surface area contributed by atoms with E-state index in [-0.39, 0.29) is 18.1 Å². The first-order valence-corrected chi connectivity index (χ1v) is 7.95. The molecule has 2 aliphatic heterocycles. The van der Waals surface area contributed by atoms with Crippen LogP contribution in [0.15, 0.2) is 0 Å². The molecular formula is C15H25N5O2.